The molecular formula is C10H14N4O10P2S. The molecule has 1 aliphatic rings. The first-order valence-corrected chi connectivity index (χ1v) is 11.7. The Bertz CT molecular complexity index is 930. The molecule has 17 heteroatoms. The quantitative estimate of drug-likeness (QED) is 0.226. The Labute approximate surface area is 154 Å². The average Bonchev–Trinajstić information content (AvgIpc) is 3.07. The first kappa shape index (κ1) is 20.8. The summed E-state index contributed by atoms with van der Waals surface area (Å²) < 4.78 is 32.9. The summed E-state index contributed by atoms with van der Waals surface area (Å²) in [6.45, 7) is -5.18. The lowest BCUT2D eigenvalue weighted by molar-refractivity contribution is -0.0504. The number of imidazole rings is 1. The SMILES string of the molecule is O=P(O)(O)OCC1OC(n2cnc3c(SP(=O)(O)O)ncnc32)C(O)C1O. The van der Waals surface area contributed by atoms with Crippen LogP contribution in [0.1, 0.15) is 6.23 Å². The smallest absolute Gasteiger partial charge is 0.387 e. The van der Waals surface area contributed by atoms with E-state index in [4.69, 9.17) is 24.3 Å². The molecule has 27 heavy (non-hydrogen) atoms. The van der Waals surface area contributed by atoms with Crippen LogP contribution in [0.25, 0.3) is 11.2 Å². The zero-order chi connectivity index (χ0) is 20.0. The van der Waals surface area contributed by atoms with Gasteiger partial charge in [0.1, 0.15) is 35.2 Å². The van der Waals surface area contributed by atoms with Crippen LogP contribution >= 0.6 is 26.0 Å². The van der Waals surface area contributed by atoms with Gasteiger partial charge in [0.05, 0.1) is 12.9 Å². The molecule has 4 atom stereocenters. The molecule has 0 saturated carbocycles. The summed E-state index contributed by atoms with van der Waals surface area (Å²) in [5.41, 5.74) is 0.0970. The van der Waals surface area contributed by atoms with Crippen LogP contribution in [0.2, 0.25) is 0 Å². The molecule has 1 fully saturated rings. The van der Waals surface area contributed by atoms with Gasteiger partial charge in [-0.3, -0.25) is 9.09 Å². The van der Waals surface area contributed by atoms with E-state index in [0.29, 0.717) is 0 Å². The zero-order valence-corrected chi connectivity index (χ0v) is 15.7. The maximum absolute atomic E-state index is 11.2. The van der Waals surface area contributed by atoms with Gasteiger partial charge in [-0.15, -0.1) is 0 Å². The second-order valence-electron chi connectivity index (χ2n) is 5.42. The Morgan fingerprint density at radius 3 is 2.48 bits per heavy atom. The molecule has 0 aromatic carbocycles. The van der Waals surface area contributed by atoms with E-state index in [1.165, 1.54) is 4.57 Å². The molecule has 4 unspecified atom stereocenters. The lowest BCUT2D eigenvalue weighted by Gasteiger charge is -2.16. The Kier molecular flexibility index (Phi) is 5.74. The van der Waals surface area contributed by atoms with Crippen molar-refractivity contribution in [2.24, 2.45) is 0 Å². The largest absolute Gasteiger partial charge is 0.469 e. The molecule has 14 nitrogen and oxygen atoms in total. The molecule has 0 spiro atoms. The highest BCUT2D eigenvalue weighted by molar-refractivity contribution is 8.54. The Balaban J connectivity index is 1.88. The van der Waals surface area contributed by atoms with Gasteiger partial charge in [-0.25, -0.2) is 24.1 Å². The van der Waals surface area contributed by atoms with Crippen LogP contribution in [0, 0.1) is 0 Å². The van der Waals surface area contributed by atoms with E-state index >= 15 is 0 Å². The molecule has 3 rings (SSSR count). The first-order chi connectivity index (χ1) is 12.5. The van der Waals surface area contributed by atoms with Crippen molar-refractivity contribution in [2.75, 3.05) is 6.61 Å². The number of hydrogen-bond acceptors (Lipinski definition) is 10. The zero-order valence-electron chi connectivity index (χ0n) is 13.1. The number of phosphoric ester groups is 1. The van der Waals surface area contributed by atoms with Crippen LogP contribution in [0.15, 0.2) is 17.7 Å². The van der Waals surface area contributed by atoms with Gasteiger partial charge in [0.25, 0.3) is 0 Å². The summed E-state index contributed by atoms with van der Waals surface area (Å²) in [6.07, 6.45) is -3.33. The average molecular weight is 444 g/mol. The number of rotatable bonds is 6. The fraction of sp³-hybridized carbons (Fsp3) is 0.500. The van der Waals surface area contributed by atoms with Crippen molar-refractivity contribution in [3.05, 3.63) is 12.7 Å². The highest BCUT2D eigenvalue weighted by atomic mass is 32.7. The van der Waals surface area contributed by atoms with Crippen LogP contribution in [-0.4, -0.2) is 74.2 Å². The summed E-state index contributed by atoms with van der Waals surface area (Å²) in [5, 5.41) is 20.1. The van der Waals surface area contributed by atoms with Gasteiger partial charge in [-0.05, 0) is 0 Å². The van der Waals surface area contributed by atoms with E-state index in [0.717, 1.165) is 12.7 Å². The highest BCUT2D eigenvalue weighted by Gasteiger charge is 2.45. The second kappa shape index (κ2) is 7.46. The maximum atomic E-state index is 11.2. The van der Waals surface area contributed by atoms with Crippen molar-refractivity contribution < 1.29 is 48.2 Å². The normalized spacial score (nSPS) is 26.7. The number of aromatic nitrogens is 4. The Morgan fingerprint density at radius 1 is 1.15 bits per heavy atom. The van der Waals surface area contributed by atoms with Gasteiger partial charge in [0.2, 0.25) is 0 Å². The molecule has 1 saturated heterocycles. The fourth-order valence-corrected chi connectivity index (χ4v) is 4.43. The Hall–Kier alpha value is -0.960. The first-order valence-electron chi connectivity index (χ1n) is 7.10. The van der Waals surface area contributed by atoms with Crippen molar-refractivity contribution in [1.82, 2.24) is 19.5 Å². The molecular weight excluding hydrogens is 430 g/mol. The summed E-state index contributed by atoms with van der Waals surface area (Å²) in [7, 11) is -4.80. The van der Waals surface area contributed by atoms with Crippen molar-refractivity contribution in [3.8, 4) is 0 Å². The van der Waals surface area contributed by atoms with Crippen LogP contribution in [0.5, 0.6) is 0 Å². The van der Waals surface area contributed by atoms with Gasteiger partial charge in [-0.2, -0.15) is 0 Å². The van der Waals surface area contributed by atoms with Gasteiger partial charge >= 0.3 is 14.6 Å². The number of aliphatic hydroxyl groups is 2. The minimum Gasteiger partial charge on any atom is -0.387 e. The molecule has 0 bridgehead atoms. The topological polar surface area (TPSA) is 218 Å². The van der Waals surface area contributed by atoms with E-state index in [-0.39, 0.29) is 27.6 Å². The molecule has 2 aromatic rings. The standard InChI is InChI=1S/C10H14N4O10P2S/c15-6-4(1-23-25(17,18)19)24-10(7(6)16)14-3-13-5-8(14)11-2-12-9(5)27-26(20,21)22/h2-4,6-7,10,15-16H,1H2,(H2,17,18,19)(H2,20,21,22). The molecule has 0 radical (unpaired) electrons. The minimum absolute atomic E-state index is 0.0334. The number of fused-ring (bicyclic) bond motifs is 1. The molecule has 6 N–H and O–H groups in total. The van der Waals surface area contributed by atoms with E-state index in [9.17, 15) is 19.3 Å². The van der Waals surface area contributed by atoms with Crippen LogP contribution in [0.3, 0.4) is 0 Å². The van der Waals surface area contributed by atoms with Crippen molar-refractivity contribution in [1.29, 1.82) is 0 Å². The third-order valence-corrected chi connectivity index (χ3v) is 5.98. The van der Waals surface area contributed by atoms with Crippen molar-refractivity contribution in [2.45, 2.75) is 29.6 Å². The Morgan fingerprint density at radius 2 is 1.85 bits per heavy atom. The molecule has 3 heterocycles. The molecule has 1 aliphatic heterocycles. The molecule has 0 amide bonds. The molecule has 150 valence electrons. The monoisotopic (exact) mass is 444 g/mol. The summed E-state index contributed by atoms with van der Waals surface area (Å²) in [5.74, 6) is 0. The third kappa shape index (κ3) is 4.72. The van der Waals surface area contributed by atoms with Gasteiger partial charge in [-0.1, -0.05) is 0 Å². The van der Waals surface area contributed by atoms with Crippen LogP contribution in [-0.2, 0) is 18.4 Å². The van der Waals surface area contributed by atoms with E-state index in [2.05, 4.69) is 19.5 Å². The van der Waals surface area contributed by atoms with E-state index in [1.54, 1.807) is 0 Å². The number of hydrogen-bond donors (Lipinski definition) is 6. The van der Waals surface area contributed by atoms with E-state index < -0.39 is 45.8 Å². The lowest BCUT2D eigenvalue weighted by atomic mass is 10.1. The second-order valence-corrected chi connectivity index (χ2v) is 10.2. The van der Waals surface area contributed by atoms with Gasteiger partial charge in [0.15, 0.2) is 11.9 Å². The molecule has 0 aliphatic carbocycles. The fourth-order valence-electron chi connectivity index (χ4n) is 2.46. The number of ether oxygens (including phenoxy) is 1. The summed E-state index contributed by atoms with van der Waals surface area (Å²) >= 11 is 0.179. The summed E-state index contributed by atoms with van der Waals surface area (Å²) in [6, 6.07) is 0. The lowest BCUT2D eigenvalue weighted by Crippen LogP contribution is -2.33. The van der Waals surface area contributed by atoms with Gasteiger partial charge in [0, 0.05) is 11.4 Å². The number of phosphoric acid groups is 1. The predicted octanol–water partition coefficient (Wildman–Crippen LogP) is -1.26. The molecule has 2 aromatic heterocycles. The van der Waals surface area contributed by atoms with Crippen LogP contribution in [0.4, 0.5) is 0 Å². The van der Waals surface area contributed by atoms with Crippen LogP contribution < -0.4 is 0 Å². The van der Waals surface area contributed by atoms with Crippen molar-refractivity contribution in [3.63, 3.8) is 0 Å². The summed E-state index contributed by atoms with van der Waals surface area (Å²) in [4.78, 5) is 47.3. The van der Waals surface area contributed by atoms with Gasteiger partial charge < -0.3 is 34.5 Å². The third-order valence-electron chi connectivity index (χ3n) is 3.55. The van der Waals surface area contributed by atoms with E-state index in [1.807, 2.05) is 0 Å². The number of nitrogens with zero attached hydrogens (tertiary/aromatic N) is 4. The minimum atomic E-state index is -4.80. The predicted molar refractivity (Wildman–Crippen MR) is 87.1 cm³/mol. The van der Waals surface area contributed by atoms with Crippen molar-refractivity contribution >= 4 is 37.2 Å². The maximum Gasteiger partial charge on any atom is 0.469 e. The highest BCUT2D eigenvalue weighted by Crippen LogP contribution is 2.54. The number of aliphatic hydroxyl groups excluding tert-OH is 2.